The van der Waals surface area contributed by atoms with Crippen LogP contribution in [0.4, 0.5) is 0 Å². The van der Waals surface area contributed by atoms with E-state index in [1.165, 1.54) is 0 Å². The summed E-state index contributed by atoms with van der Waals surface area (Å²) >= 11 is 0. The van der Waals surface area contributed by atoms with Gasteiger partial charge in [0.15, 0.2) is 0 Å². The number of hydrogen-bond donors (Lipinski definition) is 1. The van der Waals surface area contributed by atoms with Crippen LogP contribution in [0.25, 0.3) is 0 Å². The highest BCUT2D eigenvalue weighted by molar-refractivity contribution is 4.63. The third kappa shape index (κ3) is 11.6. The highest BCUT2D eigenvalue weighted by Gasteiger charge is 1.89. The number of nitrogens with one attached hydrogen (secondary N) is 1. The summed E-state index contributed by atoms with van der Waals surface area (Å²) in [6.07, 6.45) is 1.72. The Hall–Kier alpha value is -0.420. The zero-order chi connectivity index (χ0) is 10.5. The van der Waals surface area contributed by atoms with Crippen LogP contribution in [0, 0.1) is 0 Å². The van der Waals surface area contributed by atoms with E-state index in [2.05, 4.69) is 11.9 Å². The molecule has 0 aliphatic carbocycles. The van der Waals surface area contributed by atoms with Gasteiger partial charge in [0.1, 0.15) is 0 Å². The summed E-state index contributed by atoms with van der Waals surface area (Å²) in [5.41, 5.74) is 0. The van der Waals surface area contributed by atoms with Crippen molar-refractivity contribution >= 4 is 0 Å². The summed E-state index contributed by atoms with van der Waals surface area (Å²) in [5, 5.41) is 3.00. The Labute approximate surface area is 86.2 Å². The lowest BCUT2D eigenvalue weighted by atomic mass is 10.6. The molecular weight excluding hydrogens is 182 g/mol. The maximum absolute atomic E-state index is 5.26. The fourth-order valence-corrected chi connectivity index (χ4v) is 0.781. The normalized spacial score (nSPS) is 10.4. The first-order valence-corrected chi connectivity index (χ1v) is 4.90. The van der Waals surface area contributed by atoms with Crippen LogP contribution in [0.15, 0.2) is 12.7 Å². The van der Waals surface area contributed by atoms with Gasteiger partial charge in [0.05, 0.1) is 39.6 Å². The van der Waals surface area contributed by atoms with Gasteiger partial charge in [-0.2, -0.15) is 0 Å². The SMILES string of the molecule is C=CCOCCOCCOCCNC. The van der Waals surface area contributed by atoms with Gasteiger partial charge in [-0.25, -0.2) is 0 Å². The summed E-state index contributed by atoms with van der Waals surface area (Å²) in [6.45, 7) is 8.23. The number of likely N-dealkylation sites (N-methyl/N-ethyl adjacent to an activating group) is 1. The predicted molar refractivity (Wildman–Crippen MR) is 56.6 cm³/mol. The zero-order valence-electron chi connectivity index (χ0n) is 8.96. The molecule has 0 saturated carbocycles. The molecular formula is C10H21NO3. The van der Waals surface area contributed by atoms with Crippen LogP contribution in [0.2, 0.25) is 0 Å². The molecule has 0 aromatic heterocycles. The van der Waals surface area contributed by atoms with Crippen molar-refractivity contribution in [3.8, 4) is 0 Å². The van der Waals surface area contributed by atoms with Gasteiger partial charge in [-0.1, -0.05) is 6.08 Å². The lowest BCUT2D eigenvalue weighted by Gasteiger charge is -2.05. The van der Waals surface area contributed by atoms with Crippen molar-refractivity contribution < 1.29 is 14.2 Å². The molecule has 0 spiro atoms. The van der Waals surface area contributed by atoms with Crippen molar-refractivity contribution in [1.82, 2.24) is 5.32 Å². The third-order valence-electron chi connectivity index (χ3n) is 1.48. The third-order valence-corrected chi connectivity index (χ3v) is 1.48. The molecule has 0 aliphatic heterocycles. The molecule has 0 aromatic rings. The lowest BCUT2D eigenvalue weighted by molar-refractivity contribution is 0.0204. The molecule has 0 rings (SSSR count). The van der Waals surface area contributed by atoms with E-state index in [0.29, 0.717) is 33.0 Å². The second kappa shape index (κ2) is 12.6. The minimum atomic E-state index is 0.585. The van der Waals surface area contributed by atoms with Gasteiger partial charge in [0, 0.05) is 6.54 Å². The monoisotopic (exact) mass is 203 g/mol. The van der Waals surface area contributed by atoms with Crippen LogP contribution in [0.1, 0.15) is 0 Å². The molecule has 0 aromatic carbocycles. The van der Waals surface area contributed by atoms with E-state index in [4.69, 9.17) is 14.2 Å². The fourth-order valence-electron chi connectivity index (χ4n) is 0.781. The second-order valence-corrected chi connectivity index (χ2v) is 2.69. The standard InChI is InChI=1S/C10H21NO3/c1-3-5-12-7-9-14-10-8-13-6-4-11-2/h3,11H,1,4-10H2,2H3. The Kier molecular flexibility index (Phi) is 12.2. The molecule has 0 radical (unpaired) electrons. The Bertz CT molecular complexity index is 120. The maximum atomic E-state index is 5.26. The van der Waals surface area contributed by atoms with Gasteiger partial charge < -0.3 is 19.5 Å². The van der Waals surface area contributed by atoms with Gasteiger partial charge in [-0.15, -0.1) is 6.58 Å². The van der Waals surface area contributed by atoms with E-state index in [0.717, 1.165) is 13.2 Å². The first-order valence-electron chi connectivity index (χ1n) is 4.90. The largest absolute Gasteiger partial charge is 0.378 e. The Morgan fingerprint density at radius 2 is 1.57 bits per heavy atom. The molecule has 0 saturated heterocycles. The van der Waals surface area contributed by atoms with Crippen LogP contribution in [0.3, 0.4) is 0 Å². The van der Waals surface area contributed by atoms with Crippen molar-refractivity contribution in [2.45, 2.75) is 0 Å². The summed E-state index contributed by atoms with van der Waals surface area (Å²) in [6, 6.07) is 0. The quantitative estimate of drug-likeness (QED) is 0.391. The zero-order valence-corrected chi connectivity index (χ0v) is 8.96. The molecule has 4 nitrogen and oxygen atoms in total. The summed E-state index contributed by atoms with van der Waals surface area (Å²) < 4.78 is 15.6. The van der Waals surface area contributed by atoms with Crippen LogP contribution < -0.4 is 5.32 Å². The Morgan fingerprint density at radius 3 is 2.14 bits per heavy atom. The Balaban J connectivity index is 2.81. The first kappa shape index (κ1) is 13.6. The summed E-state index contributed by atoms with van der Waals surface area (Å²) in [7, 11) is 1.90. The minimum Gasteiger partial charge on any atom is -0.378 e. The van der Waals surface area contributed by atoms with Gasteiger partial charge in [0.2, 0.25) is 0 Å². The fraction of sp³-hybridized carbons (Fsp3) is 0.800. The van der Waals surface area contributed by atoms with Crippen LogP contribution in [-0.2, 0) is 14.2 Å². The molecule has 0 unspecified atom stereocenters. The molecule has 84 valence electrons. The van der Waals surface area contributed by atoms with Crippen LogP contribution in [-0.4, -0.2) is 53.2 Å². The van der Waals surface area contributed by atoms with Crippen molar-refractivity contribution in [3.63, 3.8) is 0 Å². The second-order valence-electron chi connectivity index (χ2n) is 2.69. The molecule has 1 N–H and O–H groups in total. The van der Waals surface area contributed by atoms with E-state index >= 15 is 0 Å². The van der Waals surface area contributed by atoms with Crippen LogP contribution >= 0.6 is 0 Å². The minimum absolute atomic E-state index is 0.585. The number of hydrogen-bond acceptors (Lipinski definition) is 4. The molecule has 4 heteroatoms. The smallest absolute Gasteiger partial charge is 0.0704 e. The van der Waals surface area contributed by atoms with Crippen molar-refractivity contribution in [2.75, 3.05) is 53.2 Å². The van der Waals surface area contributed by atoms with E-state index in [1.807, 2.05) is 7.05 Å². The lowest BCUT2D eigenvalue weighted by Crippen LogP contribution is -2.16. The first-order chi connectivity index (χ1) is 6.91. The Morgan fingerprint density at radius 1 is 1.00 bits per heavy atom. The predicted octanol–water partition coefficient (Wildman–Crippen LogP) is 0.442. The molecule has 0 bridgehead atoms. The maximum Gasteiger partial charge on any atom is 0.0704 e. The van der Waals surface area contributed by atoms with Gasteiger partial charge in [0.25, 0.3) is 0 Å². The molecule has 0 fully saturated rings. The van der Waals surface area contributed by atoms with E-state index < -0.39 is 0 Å². The highest BCUT2D eigenvalue weighted by atomic mass is 16.5. The average Bonchev–Trinajstić information content (AvgIpc) is 2.21. The topological polar surface area (TPSA) is 39.7 Å². The van der Waals surface area contributed by atoms with Crippen LogP contribution in [0.5, 0.6) is 0 Å². The van der Waals surface area contributed by atoms with Crippen molar-refractivity contribution in [2.24, 2.45) is 0 Å². The summed E-state index contributed by atoms with van der Waals surface area (Å²) in [4.78, 5) is 0. The van der Waals surface area contributed by atoms with Crippen molar-refractivity contribution in [1.29, 1.82) is 0 Å². The van der Waals surface area contributed by atoms with Gasteiger partial charge >= 0.3 is 0 Å². The van der Waals surface area contributed by atoms with Gasteiger partial charge in [-0.05, 0) is 7.05 Å². The molecule has 0 amide bonds. The summed E-state index contributed by atoms with van der Waals surface area (Å²) in [5.74, 6) is 0. The molecule has 0 heterocycles. The van der Waals surface area contributed by atoms with E-state index in [9.17, 15) is 0 Å². The van der Waals surface area contributed by atoms with Gasteiger partial charge in [-0.3, -0.25) is 0 Å². The molecule has 14 heavy (non-hydrogen) atoms. The molecule has 0 atom stereocenters. The average molecular weight is 203 g/mol. The number of ether oxygens (including phenoxy) is 3. The number of rotatable bonds is 11. The van der Waals surface area contributed by atoms with E-state index in [1.54, 1.807) is 6.08 Å². The highest BCUT2D eigenvalue weighted by Crippen LogP contribution is 1.80. The van der Waals surface area contributed by atoms with Crippen molar-refractivity contribution in [3.05, 3.63) is 12.7 Å². The van der Waals surface area contributed by atoms with E-state index in [-0.39, 0.29) is 0 Å². The molecule has 0 aliphatic rings.